The Morgan fingerprint density at radius 2 is 1.69 bits per heavy atom. The van der Waals surface area contributed by atoms with Crippen LogP contribution >= 0.6 is 0 Å². The minimum atomic E-state index is -0.223. The van der Waals surface area contributed by atoms with Crippen LogP contribution in [0.15, 0.2) is 59.6 Å². The van der Waals surface area contributed by atoms with Crippen molar-refractivity contribution >= 4 is 11.9 Å². The van der Waals surface area contributed by atoms with Crippen molar-refractivity contribution in [1.29, 1.82) is 0 Å². The molecule has 0 aliphatic rings. The summed E-state index contributed by atoms with van der Waals surface area (Å²) in [4.78, 5) is 4.63. The van der Waals surface area contributed by atoms with Gasteiger partial charge in [-0.3, -0.25) is 4.99 Å². The Bertz CT molecular complexity index is 903. The van der Waals surface area contributed by atoms with E-state index in [1.807, 2.05) is 6.21 Å². The van der Waals surface area contributed by atoms with Gasteiger partial charge in [0.25, 0.3) is 0 Å². The molecular weight excluding hydrogens is 323 g/mol. The van der Waals surface area contributed by atoms with Gasteiger partial charge in [0.05, 0.1) is 5.69 Å². The molecule has 0 N–H and O–H groups in total. The Morgan fingerprint density at radius 3 is 2.31 bits per heavy atom. The Morgan fingerprint density at radius 1 is 1.04 bits per heavy atom. The maximum Gasteiger partial charge on any atom is 0.123 e. The fourth-order valence-corrected chi connectivity index (χ4v) is 3.17. The summed E-state index contributed by atoms with van der Waals surface area (Å²) in [5.74, 6) is 0.349. The number of aryl methyl sites for hydroxylation is 1. The highest BCUT2D eigenvalue weighted by Gasteiger charge is 2.09. The molecule has 3 heteroatoms. The molecule has 2 nitrogen and oxygen atoms in total. The summed E-state index contributed by atoms with van der Waals surface area (Å²) in [5, 5.41) is 0. The lowest BCUT2D eigenvalue weighted by atomic mass is 9.99. The number of aromatic nitrogens is 1. The lowest BCUT2D eigenvalue weighted by molar-refractivity contribution is 0.627. The number of aliphatic imine (C=N–C) groups is 1. The highest BCUT2D eigenvalue weighted by molar-refractivity contribution is 5.84. The van der Waals surface area contributed by atoms with Crippen LogP contribution in [0.5, 0.6) is 0 Å². The van der Waals surface area contributed by atoms with Crippen LogP contribution in [0.25, 0.3) is 5.69 Å². The standard InChI is InChI=1S/C23H25FN2/c1-5-16(2)19-6-10-22(11-7-19)25-15-20-14-17(3)26(18(20)4)23-12-8-21(24)9-13-23/h6-16H,5H2,1-4H3/t16-/m0/s1. The van der Waals surface area contributed by atoms with Crippen molar-refractivity contribution in [2.75, 3.05) is 0 Å². The second kappa shape index (κ2) is 7.69. The molecule has 0 saturated carbocycles. The van der Waals surface area contributed by atoms with Gasteiger partial charge in [0.1, 0.15) is 5.82 Å². The third kappa shape index (κ3) is 3.77. The van der Waals surface area contributed by atoms with Gasteiger partial charge in [-0.05, 0) is 74.2 Å². The van der Waals surface area contributed by atoms with E-state index >= 15 is 0 Å². The van der Waals surface area contributed by atoms with Gasteiger partial charge in [-0.2, -0.15) is 0 Å². The molecule has 134 valence electrons. The minimum Gasteiger partial charge on any atom is -0.318 e. The maximum absolute atomic E-state index is 13.2. The number of nitrogens with zero attached hydrogens (tertiary/aromatic N) is 2. The third-order valence-electron chi connectivity index (χ3n) is 4.98. The van der Waals surface area contributed by atoms with Crippen molar-refractivity contribution in [1.82, 2.24) is 4.57 Å². The molecule has 0 fully saturated rings. The summed E-state index contributed by atoms with van der Waals surface area (Å²) in [6, 6.07) is 17.1. The topological polar surface area (TPSA) is 17.3 Å². The van der Waals surface area contributed by atoms with Gasteiger partial charge in [0.2, 0.25) is 0 Å². The van der Waals surface area contributed by atoms with Crippen LogP contribution in [0.3, 0.4) is 0 Å². The van der Waals surface area contributed by atoms with Gasteiger partial charge in [-0.25, -0.2) is 4.39 Å². The Balaban J connectivity index is 1.85. The van der Waals surface area contributed by atoms with Crippen molar-refractivity contribution in [3.8, 4) is 5.69 Å². The van der Waals surface area contributed by atoms with Crippen LogP contribution in [0.1, 0.15) is 48.7 Å². The predicted octanol–water partition coefficient (Wildman–Crippen LogP) is 6.50. The zero-order valence-corrected chi connectivity index (χ0v) is 15.8. The zero-order valence-electron chi connectivity index (χ0n) is 15.8. The van der Waals surface area contributed by atoms with Gasteiger partial charge in [-0.1, -0.05) is 26.0 Å². The van der Waals surface area contributed by atoms with E-state index in [-0.39, 0.29) is 5.82 Å². The summed E-state index contributed by atoms with van der Waals surface area (Å²) in [6.45, 7) is 8.55. The average Bonchev–Trinajstić information content (AvgIpc) is 2.94. The molecule has 0 amide bonds. The molecule has 0 unspecified atom stereocenters. The Hall–Kier alpha value is -2.68. The van der Waals surface area contributed by atoms with Crippen LogP contribution in [0, 0.1) is 19.7 Å². The minimum absolute atomic E-state index is 0.223. The molecule has 3 rings (SSSR count). The fraction of sp³-hybridized carbons (Fsp3) is 0.261. The van der Waals surface area contributed by atoms with Crippen LogP contribution in [0.4, 0.5) is 10.1 Å². The van der Waals surface area contributed by atoms with E-state index in [4.69, 9.17) is 0 Å². The lowest BCUT2D eigenvalue weighted by Gasteiger charge is -2.09. The molecular formula is C23H25FN2. The summed E-state index contributed by atoms with van der Waals surface area (Å²) in [7, 11) is 0. The van der Waals surface area contributed by atoms with Crippen molar-refractivity contribution in [2.24, 2.45) is 4.99 Å². The van der Waals surface area contributed by atoms with Crippen LogP contribution in [-0.2, 0) is 0 Å². The highest BCUT2D eigenvalue weighted by atomic mass is 19.1. The van der Waals surface area contributed by atoms with Gasteiger partial charge in [0.15, 0.2) is 0 Å². The van der Waals surface area contributed by atoms with Crippen LogP contribution in [0.2, 0.25) is 0 Å². The monoisotopic (exact) mass is 348 g/mol. The number of halogens is 1. The van der Waals surface area contributed by atoms with Gasteiger partial charge >= 0.3 is 0 Å². The van der Waals surface area contributed by atoms with E-state index in [0.717, 1.165) is 34.7 Å². The molecule has 0 radical (unpaired) electrons. The van der Waals surface area contributed by atoms with Gasteiger partial charge in [0, 0.05) is 28.9 Å². The molecule has 0 saturated heterocycles. The second-order valence-corrected chi connectivity index (χ2v) is 6.80. The van der Waals surface area contributed by atoms with E-state index in [0.29, 0.717) is 5.92 Å². The summed E-state index contributed by atoms with van der Waals surface area (Å²) >= 11 is 0. The Labute approximate surface area is 155 Å². The SMILES string of the molecule is CC[C@H](C)c1ccc(N=Cc2cc(C)n(-c3ccc(F)cc3)c2C)cc1. The van der Waals surface area contributed by atoms with Gasteiger partial charge < -0.3 is 4.57 Å². The number of hydrogen-bond acceptors (Lipinski definition) is 1. The summed E-state index contributed by atoms with van der Waals surface area (Å²) in [5.41, 5.74) is 6.51. The van der Waals surface area contributed by atoms with E-state index in [9.17, 15) is 4.39 Å². The van der Waals surface area contributed by atoms with Gasteiger partial charge in [-0.15, -0.1) is 0 Å². The van der Waals surface area contributed by atoms with Crippen molar-refractivity contribution in [3.63, 3.8) is 0 Å². The van der Waals surface area contributed by atoms with Crippen LogP contribution < -0.4 is 0 Å². The number of rotatable bonds is 5. The molecule has 3 aromatic rings. The first-order valence-corrected chi connectivity index (χ1v) is 9.08. The quantitative estimate of drug-likeness (QED) is 0.468. The maximum atomic E-state index is 13.2. The molecule has 26 heavy (non-hydrogen) atoms. The second-order valence-electron chi connectivity index (χ2n) is 6.80. The largest absolute Gasteiger partial charge is 0.318 e. The first-order valence-electron chi connectivity index (χ1n) is 9.08. The fourth-order valence-electron chi connectivity index (χ4n) is 3.17. The molecule has 0 spiro atoms. The first kappa shape index (κ1) is 18.1. The molecule has 1 heterocycles. The highest BCUT2D eigenvalue weighted by Crippen LogP contribution is 2.23. The number of benzene rings is 2. The van der Waals surface area contributed by atoms with Crippen molar-refractivity contribution < 1.29 is 4.39 Å². The number of hydrogen-bond donors (Lipinski definition) is 0. The van der Waals surface area contributed by atoms with E-state index in [1.165, 1.54) is 17.7 Å². The van der Waals surface area contributed by atoms with E-state index < -0.39 is 0 Å². The first-order chi connectivity index (χ1) is 12.5. The molecule has 0 bridgehead atoms. The van der Waals surface area contributed by atoms with Crippen molar-refractivity contribution in [2.45, 2.75) is 40.0 Å². The summed E-state index contributed by atoms with van der Waals surface area (Å²) in [6.07, 6.45) is 3.04. The van der Waals surface area contributed by atoms with Crippen molar-refractivity contribution in [3.05, 3.63) is 82.9 Å². The molecule has 2 aromatic carbocycles. The molecule has 0 aliphatic heterocycles. The zero-order chi connectivity index (χ0) is 18.7. The average molecular weight is 348 g/mol. The smallest absolute Gasteiger partial charge is 0.123 e. The molecule has 1 aromatic heterocycles. The third-order valence-corrected chi connectivity index (χ3v) is 4.98. The predicted molar refractivity (Wildman–Crippen MR) is 108 cm³/mol. The molecule has 1 atom stereocenters. The molecule has 0 aliphatic carbocycles. The van der Waals surface area contributed by atoms with E-state index in [2.05, 4.69) is 67.6 Å². The van der Waals surface area contributed by atoms with E-state index in [1.54, 1.807) is 12.1 Å². The lowest BCUT2D eigenvalue weighted by Crippen LogP contribution is -1.99. The van der Waals surface area contributed by atoms with Crippen LogP contribution in [-0.4, -0.2) is 10.8 Å². The normalized spacial score (nSPS) is 12.7. The summed E-state index contributed by atoms with van der Waals surface area (Å²) < 4.78 is 15.3. The Kier molecular flexibility index (Phi) is 5.36.